The number of carbonyl (C=O) groups excluding carboxylic acids is 1. The average molecular weight is 350 g/mol. The Balaban J connectivity index is 1.75. The fraction of sp³-hybridized carbons (Fsp3) is 0.0952. The van der Waals surface area contributed by atoms with Crippen LogP contribution in [0.15, 0.2) is 66.7 Å². The zero-order valence-corrected chi connectivity index (χ0v) is 14.4. The normalized spacial score (nSPS) is 12.7. The van der Waals surface area contributed by atoms with Gasteiger partial charge in [0.15, 0.2) is 0 Å². The van der Waals surface area contributed by atoms with E-state index in [1.807, 2.05) is 73.7 Å². The summed E-state index contributed by atoms with van der Waals surface area (Å²) in [5.74, 6) is 0.833. The summed E-state index contributed by atoms with van der Waals surface area (Å²) in [6, 6.07) is 20.8. The van der Waals surface area contributed by atoms with Crippen LogP contribution in [-0.2, 0) is 4.79 Å². The molecule has 1 aliphatic heterocycles. The molecular formula is C21H16ClNO2. The molecule has 0 spiro atoms. The van der Waals surface area contributed by atoms with E-state index in [0.717, 1.165) is 16.7 Å². The van der Waals surface area contributed by atoms with Crippen molar-refractivity contribution < 1.29 is 9.53 Å². The third-order valence-corrected chi connectivity index (χ3v) is 4.64. The minimum Gasteiger partial charge on any atom is -0.457 e. The third-order valence-electron chi connectivity index (χ3n) is 4.32. The summed E-state index contributed by atoms with van der Waals surface area (Å²) in [5, 5.41) is 3.49. The lowest BCUT2D eigenvalue weighted by atomic mass is 9.87. The summed E-state index contributed by atoms with van der Waals surface area (Å²) in [7, 11) is 0. The molecule has 0 radical (unpaired) electrons. The van der Waals surface area contributed by atoms with E-state index in [9.17, 15) is 4.79 Å². The largest absolute Gasteiger partial charge is 0.457 e. The molecule has 1 aliphatic rings. The van der Waals surface area contributed by atoms with Gasteiger partial charge in [-0.1, -0.05) is 54.1 Å². The fourth-order valence-electron chi connectivity index (χ4n) is 3.12. The molecule has 1 heterocycles. The summed E-state index contributed by atoms with van der Waals surface area (Å²) in [5.41, 5.74) is 3.35. The maximum absolute atomic E-state index is 13.1. The van der Waals surface area contributed by atoms with Crippen LogP contribution >= 0.6 is 11.6 Å². The molecule has 3 aromatic carbocycles. The topological polar surface area (TPSA) is 38.3 Å². The number of fused-ring (bicyclic) bond motifs is 2. The number of rotatable bonds is 2. The van der Waals surface area contributed by atoms with Crippen LogP contribution in [-0.4, -0.2) is 5.91 Å². The van der Waals surface area contributed by atoms with Gasteiger partial charge in [-0.25, -0.2) is 0 Å². The van der Waals surface area contributed by atoms with E-state index in [4.69, 9.17) is 16.3 Å². The average Bonchev–Trinajstić information content (AvgIpc) is 2.62. The van der Waals surface area contributed by atoms with Crippen molar-refractivity contribution in [2.45, 2.75) is 12.8 Å². The molecule has 0 aromatic heterocycles. The first-order valence-electron chi connectivity index (χ1n) is 8.06. The number of hydrogen-bond donors (Lipinski definition) is 1. The number of aryl methyl sites for hydroxylation is 1. The Hall–Kier alpha value is -2.78. The molecule has 0 bridgehead atoms. The second-order valence-electron chi connectivity index (χ2n) is 6.08. The summed E-state index contributed by atoms with van der Waals surface area (Å²) in [6.45, 7) is 1.96. The van der Waals surface area contributed by atoms with E-state index in [1.165, 1.54) is 0 Å². The first-order valence-corrected chi connectivity index (χ1v) is 8.44. The smallest absolute Gasteiger partial charge is 0.236 e. The van der Waals surface area contributed by atoms with Crippen molar-refractivity contribution in [2.75, 3.05) is 5.32 Å². The minimum atomic E-state index is -0.446. The number of para-hydroxylation sites is 2. The minimum absolute atomic E-state index is 0.131. The van der Waals surface area contributed by atoms with Crippen molar-refractivity contribution in [3.05, 3.63) is 88.4 Å². The molecular weight excluding hydrogens is 334 g/mol. The monoisotopic (exact) mass is 349 g/mol. The lowest BCUT2D eigenvalue weighted by Crippen LogP contribution is -2.25. The Bertz CT molecular complexity index is 922. The highest BCUT2D eigenvalue weighted by Crippen LogP contribution is 2.44. The summed E-state index contributed by atoms with van der Waals surface area (Å²) in [4.78, 5) is 13.1. The predicted molar refractivity (Wildman–Crippen MR) is 99.6 cm³/mol. The summed E-state index contributed by atoms with van der Waals surface area (Å²) < 4.78 is 5.94. The Morgan fingerprint density at radius 3 is 2.16 bits per heavy atom. The number of ether oxygens (including phenoxy) is 1. The van der Waals surface area contributed by atoms with Crippen molar-refractivity contribution in [1.82, 2.24) is 0 Å². The molecule has 124 valence electrons. The second kappa shape index (κ2) is 6.26. The van der Waals surface area contributed by atoms with Crippen LogP contribution in [0.4, 0.5) is 5.69 Å². The van der Waals surface area contributed by atoms with E-state index in [2.05, 4.69) is 5.32 Å². The van der Waals surface area contributed by atoms with Gasteiger partial charge in [-0.15, -0.1) is 0 Å². The molecule has 4 rings (SSSR count). The molecule has 3 aromatic rings. The van der Waals surface area contributed by atoms with Crippen molar-refractivity contribution in [2.24, 2.45) is 0 Å². The first kappa shape index (κ1) is 15.7. The van der Waals surface area contributed by atoms with Crippen molar-refractivity contribution in [3.8, 4) is 11.5 Å². The number of nitrogens with one attached hydrogen (secondary N) is 1. The number of carbonyl (C=O) groups is 1. The van der Waals surface area contributed by atoms with Crippen LogP contribution in [0.5, 0.6) is 11.5 Å². The highest BCUT2D eigenvalue weighted by Gasteiger charge is 2.32. The van der Waals surface area contributed by atoms with Gasteiger partial charge in [0.25, 0.3) is 0 Å². The summed E-state index contributed by atoms with van der Waals surface area (Å²) in [6.07, 6.45) is 0. The second-order valence-corrected chi connectivity index (χ2v) is 6.49. The molecule has 0 saturated heterocycles. The van der Waals surface area contributed by atoms with Gasteiger partial charge in [0.05, 0.1) is 16.6 Å². The quantitative estimate of drug-likeness (QED) is 0.661. The van der Waals surface area contributed by atoms with Crippen LogP contribution in [0.2, 0.25) is 5.02 Å². The van der Waals surface area contributed by atoms with Gasteiger partial charge < -0.3 is 10.1 Å². The molecule has 0 saturated carbocycles. The Morgan fingerprint density at radius 2 is 1.56 bits per heavy atom. The summed E-state index contributed by atoms with van der Waals surface area (Å²) >= 11 is 6.27. The van der Waals surface area contributed by atoms with E-state index in [-0.39, 0.29) is 5.91 Å². The molecule has 1 N–H and O–H groups in total. The fourth-order valence-corrected chi connectivity index (χ4v) is 3.40. The zero-order valence-electron chi connectivity index (χ0n) is 13.6. The van der Waals surface area contributed by atoms with E-state index in [0.29, 0.717) is 22.2 Å². The molecule has 0 aliphatic carbocycles. The van der Waals surface area contributed by atoms with Gasteiger partial charge in [0.1, 0.15) is 11.5 Å². The highest BCUT2D eigenvalue weighted by atomic mass is 35.5. The van der Waals surface area contributed by atoms with Crippen molar-refractivity contribution >= 4 is 23.2 Å². The highest BCUT2D eigenvalue weighted by molar-refractivity contribution is 6.33. The third kappa shape index (κ3) is 2.87. The van der Waals surface area contributed by atoms with Gasteiger partial charge in [-0.2, -0.15) is 0 Å². The predicted octanol–water partition coefficient (Wildman–Crippen LogP) is 5.52. The van der Waals surface area contributed by atoms with Gasteiger partial charge >= 0.3 is 0 Å². The van der Waals surface area contributed by atoms with Crippen molar-refractivity contribution in [3.63, 3.8) is 0 Å². The number of hydrogen-bond acceptors (Lipinski definition) is 2. The SMILES string of the molecule is Cc1ccc(NC(=O)C2c3ccccc3Oc3ccccc32)c(Cl)c1. The van der Waals surface area contributed by atoms with Gasteiger partial charge in [-0.05, 0) is 36.8 Å². The molecule has 4 heteroatoms. The van der Waals surface area contributed by atoms with Crippen molar-refractivity contribution in [1.29, 1.82) is 0 Å². The molecule has 25 heavy (non-hydrogen) atoms. The molecule has 3 nitrogen and oxygen atoms in total. The molecule has 1 amide bonds. The Kier molecular flexibility index (Phi) is 3.94. The maximum atomic E-state index is 13.1. The number of anilines is 1. The van der Waals surface area contributed by atoms with Crippen LogP contribution < -0.4 is 10.1 Å². The van der Waals surface area contributed by atoms with Crippen LogP contribution in [0, 0.1) is 6.92 Å². The Labute approximate surface area is 151 Å². The lowest BCUT2D eigenvalue weighted by molar-refractivity contribution is -0.116. The maximum Gasteiger partial charge on any atom is 0.236 e. The zero-order chi connectivity index (χ0) is 17.4. The standard InChI is InChI=1S/C21H16ClNO2/c1-13-10-11-17(16(22)12-13)23-21(24)20-14-6-2-4-8-18(14)25-19-9-5-3-7-15(19)20/h2-12,20H,1H3,(H,23,24). The molecule has 0 atom stereocenters. The van der Waals surface area contributed by atoms with Crippen LogP contribution in [0.25, 0.3) is 0 Å². The lowest BCUT2D eigenvalue weighted by Gasteiger charge is -2.27. The van der Waals surface area contributed by atoms with E-state index in [1.54, 1.807) is 0 Å². The first-order chi connectivity index (χ1) is 12.1. The van der Waals surface area contributed by atoms with Crippen LogP contribution in [0.3, 0.4) is 0 Å². The molecule has 0 fully saturated rings. The number of benzene rings is 3. The number of amides is 1. The Morgan fingerprint density at radius 1 is 0.960 bits per heavy atom. The van der Waals surface area contributed by atoms with Crippen LogP contribution in [0.1, 0.15) is 22.6 Å². The van der Waals surface area contributed by atoms with Gasteiger partial charge in [0, 0.05) is 11.1 Å². The van der Waals surface area contributed by atoms with E-state index < -0.39 is 5.92 Å². The molecule has 0 unspecified atom stereocenters. The number of halogens is 1. The van der Waals surface area contributed by atoms with E-state index >= 15 is 0 Å². The van der Waals surface area contributed by atoms with Gasteiger partial charge in [0.2, 0.25) is 5.91 Å². The van der Waals surface area contributed by atoms with Gasteiger partial charge in [-0.3, -0.25) is 4.79 Å².